The molecule has 1 unspecified atom stereocenters. The molecule has 1 rings (SSSR count). The minimum atomic E-state index is -1.64. The van der Waals surface area contributed by atoms with E-state index in [1.807, 2.05) is 30.9 Å². The van der Waals surface area contributed by atoms with Gasteiger partial charge in [-0.1, -0.05) is 48.5 Å². The van der Waals surface area contributed by atoms with Crippen LogP contribution in [0.3, 0.4) is 0 Å². The second-order valence-electron chi connectivity index (χ2n) is 2.61. The van der Waals surface area contributed by atoms with Crippen LogP contribution in [0.25, 0.3) is 0 Å². The van der Waals surface area contributed by atoms with E-state index in [1.54, 1.807) is 0 Å². The molecule has 0 heterocycles. The lowest BCUT2D eigenvalue weighted by Gasteiger charge is -2.16. The van der Waals surface area contributed by atoms with E-state index in [2.05, 4.69) is 24.5 Å². The molecule has 0 fully saturated rings. The van der Waals surface area contributed by atoms with Crippen molar-refractivity contribution in [3.63, 3.8) is 0 Å². The second-order valence-corrected chi connectivity index (χ2v) is 5.68. The van der Waals surface area contributed by atoms with Gasteiger partial charge in [-0.2, -0.15) is 0 Å². The van der Waals surface area contributed by atoms with E-state index in [0.29, 0.717) is 0 Å². The van der Waals surface area contributed by atoms with Gasteiger partial charge in [-0.05, 0) is 12.2 Å². The summed E-state index contributed by atoms with van der Waals surface area (Å²) in [5.74, 6) is 3.91. The van der Waals surface area contributed by atoms with Crippen LogP contribution in [0.15, 0.2) is 42.7 Å². The van der Waals surface area contributed by atoms with Crippen molar-refractivity contribution in [2.45, 2.75) is 6.92 Å². The summed E-state index contributed by atoms with van der Waals surface area (Å²) in [4.78, 5) is 0. The highest BCUT2D eigenvalue weighted by Crippen LogP contribution is 2.40. The maximum Gasteiger partial charge on any atom is 0.120 e. The Kier molecular flexibility index (Phi) is 3.00. The average molecular weight is 174 g/mol. The zero-order chi connectivity index (χ0) is 9.03. The standard InChI is InChI=1S/C10H12BP/c1-3-12(11,4-2)10-8-6-5-7-9-10/h3-9H,1H2,2H3. The SMILES string of the molecule is [B]P(C=C)(=CC)c1ccccc1. The largest absolute Gasteiger partial charge is 0.120 e. The van der Waals surface area contributed by atoms with Crippen LogP contribution in [0.4, 0.5) is 0 Å². The first-order valence-electron chi connectivity index (χ1n) is 3.89. The van der Waals surface area contributed by atoms with Gasteiger partial charge in [-0.15, -0.1) is 6.76 Å². The number of benzene rings is 1. The highest BCUT2D eigenvalue weighted by Gasteiger charge is 2.05. The summed E-state index contributed by atoms with van der Waals surface area (Å²) in [6.45, 7) is 4.12. The molecule has 2 radical (unpaired) electrons. The molecule has 0 bridgehead atoms. The molecule has 0 N–H and O–H groups in total. The first kappa shape index (κ1) is 9.41. The number of rotatable bonds is 2. The van der Waals surface area contributed by atoms with Crippen LogP contribution >= 0.6 is 6.76 Å². The number of hydrogen-bond acceptors (Lipinski definition) is 0. The molecular formula is C10H12BP. The molecule has 12 heavy (non-hydrogen) atoms. The van der Waals surface area contributed by atoms with Crippen molar-refractivity contribution in [1.29, 1.82) is 0 Å². The lowest BCUT2D eigenvalue weighted by atomic mass is 10.4. The second kappa shape index (κ2) is 3.82. The predicted octanol–water partition coefficient (Wildman–Crippen LogP) is 2.38. The summed E-state index contributed by atoms with van der Waals surface area (Å²) in [5.41, 5.74) is 0. The van der Waals surface area contributed by atoms with Gasteiger partial charge in [-0.25, -0.2) is 0 Å². The Morgan fingerprint density at radius 3 is 2.33 bits per heavy atom. The highest BCUT2D eigenvalue weighted by atomic mass is 31.2. The van der Waals surface area contributed by atoms with E-state index in [4.69, 9.17) is 7.57 Å². The molecule has 1 aromatic rings. The fraction of sp³-hybridized carbons (Fsp3) is 0.100. The quantitative estimate of drug-likeness (QED) is 0.476. The van der Waals surface area contributed by atoms with Crippen LogP contribution in [-0.2, 0) is 0 Å². The minimum absolute atomic E-state index is 1.18. The minimum Gasteiger partial charge on any atom is -0.105 e. The van der Waals surface area contributed by atoms with Gasteiger partial charge in [0.2, 0.25) is 0 Å². The highest BCUT2D eigenvalue weighted by molar-refractivity contribution is 8.03. The maximum atomic E-state index is 6.16. The van der Waals surface area contributed by atoms with Crippen molar-refractivity contribution in [1.82, 2.24) is 0 Å². The molecule has 2 heteroatoms. The van der Waals surface area contributed by atoms with E-state index in [9.17, 15) is 0 Å². The smallest absolute Gasteiger partial charge is 0.105 e. The van der Waals surface area contributed by atoms with Crippen LogP contribution in [0, 0.1) is 0 Å². The van der Waals surface area contributed by atoms with Crippen LogP contribution in [0.1, 0.15) is 6.92 Å². The molecule has 0 amide bonds. The zero-order valence-corrected chi connectivity index (χ0v) is 8.17. The molecule has 0 saturated heterocycles. The van der Waals surface area contributed by atoms with Crippen LogP contribution in [0.5, 0.6) is 0 Å². The van der Waals surface area contributed by atoms with Gasteiger partial charge in [0.15, 0.2) is 0 Å². The maximum absolute atomic E-state index is 6.16. The Bertz CT molecular complexity index is 314. The average Bonchev–Trinajstić information content (AvgIpc) is 2.18. The van der Waals surface area contributed by atoms with Crippen molar-refractivity contribution >= 4 is 25.4 Å². The van der Waals surface area contributed by atoms with Crippen LogP contribution < -0.4 is 5.30 Å². The van der Waals surface area contributed by atoms with Gasteiger partial charge in [0.05, 0.1) is 0 Å². The Balaban J connectivity index is 3.22. The molecule has 1 atom stereocenters. The molecular weight excluding hydrogens is 162 g/mol. The first-order chi connectivity index (χ1) is 5.73. The van der Waals surface area contributed by atoms with E-state index in [0.717, 1.165) is 0 Å². The zero-order valence-electron chi connectivity index (χ0n) is 7.27. The van der Waals surface area contributed by atoms with Crippen molar-refractivity contribution in [2.24, 2.45) is 0 Å². The molecule has 0 aliphatic heterocycles. The molecule has 0 aliphatic carbocycles. The summed E-state index contributed by atoms with van der Waals surface area (Å²) in [6.07, 6.45) is 0. The Morgan fingerprint density at radius 2 is 1.92 bits per heavy atom. The molecule has 0 aromatic heterocycles. The Labute approximate surface area is 75.7 Å². The van der Waals surface area contributed by atoms with Crippen molar-refractivity contribution in [3.05, 3.63) is 42.7 Å². The predicted molar refractivity (Wildman–Crippen MR) is 60.7 cm³/mol. The molecule has 0 aliphatic rings. The fourth-order valence-electron chi connectivity index (χ4n) is 1.05. The molecule has 0 spiro atoms. The summed E-state index contributed by atoms with van der Waals surface area (Å²) < 4.78 is 0. The van der Waals surface area contributed by atoms with Gasteiger partial charge in [0.25, 0.3) is 0 Å². The van der Waals surface area contributed by atoms with Crippen molar-refractivity contribution in [2.75, 3.05) is 0 Å². The van der Waals surface area contributed by atoms with Crippen LogP contribution in [-0.4, -0.2) is 13.4 Å². The van der Waals surface area contributed by atoms with Crippen molar-refractivity contribution < 1.29 is 0 Å². The van der Waals surface area contributed by atoms with Gasteiger partial charge >= 0.3 is 0 Å². The monoisotopic (exact) mass is 174 g/mol. The third-order valence-corrected chi connectivity index (χ3v) is 4.58. The van der Waals surface area contributed by atoms with E-state index in [-0.39, 0.29) is 0 Å². The van der Waals surface area contributed by atoms with Gasteiger partial charge < -0.3 is 0 Å². The lowest BCUT2D eigenvalue weighted by Crippen LogP contribution is -2.03. The van der Waals surface area contributed by atoms with Gasteiger partial charge in [0, 0.05) is 0 Å². The van der Waals surface area contributed by atoms with Gasteiger partial charge in [-0.3, -0.25) is 0 Å². The van der Waals surface area contributed by atoms with E-state index in [1.165, 1.54) is 5.30 Å². The normalized spacial score (nSPS) is 14.8. The molecule has 1 aromatic carbocycles. The van der Waals surface area contributed by atoms with E-state index < -0.39 is 6.76 Å². The molecule has 0 saturated carbocycles. The molecule has 60 valence electrons. The van der Waals surface area contributed by atoms with Crippen molar-refractivity contribution in [3.8, 4) is 0 Å². The lowest BCUT2D eigenvalue weighted by molar-refractivity contribution is 1.78. The Hall–Kier alpha value is -0.675. The molecule has 0 nitrogen and oxygen atoms in total. The summed E-state index contributed by atoms with van der Waals surface area (Å²) in [5, 5.41) is 1.18. The third-order valence-electron chi connectivity index (χ3n) is 1.93. The summed E-state index contributed by atoms with van der Waals surface area (Å²) >= 11 is 0. The fourth-order valence-corrected chi connectivity index (χ4v) is 2.45. The summed E-state index contributed by atoms with van der Waals surface area (Å²) in [6, 6.07) is 10.1. The topological polar surface area (TPSA) is 0 Å². The number of hydrogen-bond donors (Lipinski definition) is 0. The first-order valence-corrected chi connectivity index (χ1v) is 5.89. The Morgan fingerprint density at radius 1 is 1.33 bits per heavy atom. The van der Waals surface area contributed by atoms with Gasteiger partial charge in [0.1, 0.15) is 7.57 Å². The van der Waals surface area contributed by atoms with Crippen LogP contribution in [0.2, 0.25) is 0 Å². The third kappa shape index (κ3) is 1.73. The summed E-state index contributed by atoms with van der Waals surface area (Å²) in [7, 11) is 6.16. The van der Waals surface area contributed by atoms with E-state index >= 15 is 0 Å².